The Morgan fingerprint density at radius 1 is 1.33 bits per heavy atom. The maximum absolute atomic E-state index is 5.89. The lowest BCUT2D eigenvalue weighted by Gasteiger charge is -2.05. The van der Waals surface area contributed by atoms with Crippen LogP contribution in [0, 0.1) is 0 Å². The van der Waals surface area contributed by atoms with E-state index in [0.29, 0.717) is 5.54 Å². The van der Waals surface area contributed by atoms with Crippen molar-refractivity contribution >= 4 is 0 Å². The van der Waals surface area contributed by atoms with E-state index in [1.165, 1.54) is 38.5 Å². The zero-order chi connectivity index (χ0) is 6.74. The summed E-state index contributed by atoms with van der Waals surface area (Å²) in [5.41, 5.74) is 6.19. The van der Waals surface area contributed by atoms with Crippen LogP contribution in [0.5, 0.6) is 0 Å². The molecule has 1 rings (SSSR count). The Morgan fingerprint density at radius 3 is 2.44 bits per heavy atom. The Labute approximate surface area is 57.6 Å². The van der Waals surface area contributed by atoms with Crippen LogP contribution in [0.2, 0.25) is 0 Å². The average Bonchev–Trinajstić information content (AvgIpc) is 2.50. The molecular formula is C8H17N. The van der Waals surface area contributed by atoms with Crippen molar-refractivity contribution in [2.75, 3.05) is 0 Å². The summed E-state index contributed by atoms with van der Waals surface area (Å²) >= 11 is 0. The zero-order valence-electron chi connectivity index (χ0n) is 6.32. The van der Waals surface area contributed by atoms with Gasteiger partial charge in [-0.15, -0.1) is 0 Å². The fraction of sp³-hybridized carbons (Fsp3) is 1.00. The van der Waals surface area contributed by atoms with Gasteiger partial charge in [0, 0.05) is 5.54 Å². The Kier molecular flexibility index (Phi) is 2.12. The van der Waals surface area contributed by atoms with E-state index in [9.17, 15) is 0 Å². The molecule has 0 atom stereocenters. The quantitative estimate of drug-likeness (QED) is 0.575. The van der Waals surface area contributed by atoms with Gasteiger partial charge in [-0.1, -0.05) is 26.2 Å². The zero-order valence-corrected chi connectivity index (χ0v) is 6.32. The predicted molar refractivity (Wildman–Crippen MR) is 40.3 cm³/mol. The monoisotopic (exact) mass is 127 g/mol. The van der Waals surface area contributed by atoms with Crippen LogP contribution in [0.25, 0.3) is 0 Å². The van der Waals surface area contributed by atoms with Gasteiger partial charge in [-0.2, -0.15) is 0 Å². The van der Waals surface area contributed by atoms with Gasteiger partial charge in [-0.25, -0.2) is 0 Å². The molecule has 1 heteroatoms. The normalized spacial score (nSPS) is 22.0. The summed E-state index contributed by atoms with van der Waals surface area (Å²) < 4.78 is 0. The smallest absolute Gasteiger partial charge is 0.0155 e. The van der Waals surface area contributed by atoms with E-state index in [0.717, 1.165) is 0 Å². The standard InChI is InChI=1S/C8H17N/c1-2-3-4-5-8(9)6-7-8/h2-7,9H2,1H3. The van der Waals surface area contributed by atoms with Crippen molar-refractivity contribution in [3.8, 4) is 0 Å². The van der Waals surface area contributed by atoms with Gasteiger partial charge in [0.1, 0.15) is 0 Å². The van der Waals surface area contributed by atoms with Crippen LogP contribution < -0.4 is 5.73 Å². The van der Waals surface area contributed by atoms with Crippen molar-refractivity contribution in [3.63, 3.8) is 0 Å². The molecule has 9 heavy (non-hydrogen) atoms. The third-order valence-corrected chi connectivity index (χ3v) is 2.17. The first-order valence-electron chi connectivity index (χ1n) is 4.06. The SMILES string of the molecule is CCCCCC1(N)CC1. The number of rotatable bonds is 4. The summed E-state index contributed by atoms with van der Waals surface area (Å²) in [5, 5.41) is 0. The fourth-order valence-corrected chi connectivity index (χ4v) is 1.14. The lowest BCUT2D eigenvalue weighted by Crippen LogP contribution is -2.20. The van der Waals surface area contributed by atoms with Gasteiger partial charge in [-0.3, -0.25) is 0 Å². The Morgan fingerprint density at radius 2 is 2.00 bits per heavy atom. The second-order valence-corrected chi connectivity index (χ2v) is 3.32. The molecule has 0 radical (unpaired) electrons. The summed E-state index contributed by atoms with van der Waals surface area (Å²) in [7, 11) is 0. The van der Waals surface area contributed by atoms with Gasteiger partial charge in [-0.05, 0) is 19.3 Å². The molecule has 0 amide bonds. The van der Waals surface area contributed by atoms with Crippen LogP contribution in [0.15, 0.2) is 0 Å². The van der Waals surface area contributed by atoms with Crippen LogP contribution in [0.1, 0.15) is 45.4 Å². The highest BCUT2D eigenvalue weighted by atomic mass is 14.8. The van der Waals surface area contributed by atoms with Gasteiger partial charge in [0.25, 0.3) is 0 Å². The predicted octanol–water partition coefficient (Wildman–Crippen LogP) is 2.06. The molecule has 0 heterocycles. The van der Waals surface area contributed by atoms with Crippen molar-refractivity contribution in [1.82, 2.24) is 0 Å². The first kappa shape index (κ1) is 7.07. The molecule has 2 N–H and O–H groups in total. The number of unbranched alkanes of at least 4 members (excludes halogenated alkanes) is 2. The highest BCUT2D eigenvalue weighted by molar-refractivity contribution is 4.97. The van der Waals surface area contributed by atoms with Crippen LogP contribution in [-0.2, 0) is 0 Å². The summed E-state index contributed by atoms with van der Waals surface area (Å²) in [6, 6.07) is 0. The second kappa shape index (κ2) is 2.70. The molecule has 0 unspecified atom stereocenters. The number of hydrogen-bond donors (Lipinski definition) is 1. The van der Waals surface area contributed by atoms with Crippen molar-refractivity contribution in [2.24, 2.45) is 5.73 Å². The van der Waals surface area contributed by atoms with Gasteiger partial charge < -0.3 is 5.73 Å². The molecule has 0 aromatic carbocycles. The van der Waals surface area contributed by atoms with E-state index in [2.05, 4.69) is 6.92 Å². The van der Waals surface area contributed by atoms with E-state index < -0.39 is 0 Å². The van der Waals surface area contributed by atoms with E-state index in [1.54, 1.807) is 0 Å². The van der Waals surface area contributed by atoms with E-state index in [1.807, 2.05) is 0 Å². The Balaban J connectivity index is 1.92. The molecule has 0 bridgehead atoms. The maximum atomic E-state index is 5.89. The topological polar surface area (TPSA) is 26.0 Å². The number of hydrogen-bond acceptors (Lipinski definition) is 1. The van der Waals surface area contributed by atoms with Crippen LogP contribution in [-0.4, -0.2) is 5.54 Å². The highest BCUT2D eigenvalue weighted by Crippen LogP contribution is 2.36. The van der Waals surface area contributed by atoms with Gasteiger partial charge in [0.15, 0.2) is 0 Å². The van der Waals surface area contributed by atoms with Crippen LogP contribution >= 0.6 is 0 Å². The van der Waals surface area contributed by atoms with E-state index in [4.69, 9.17) is 5.73 Å². The first-order valence-corrected chi connectivity index (χ1v) is 4.06. The van der Waals surface area contributed by atoms with E-state index >= 15 is 0 Å². The van der Waals surface area contributed by atoms with Crippen molar-refractivity contribution in [1.29, 1.82) is 0 Å². The van der Waals surface area contributed by atoms with Gasteiger partial charge in [0.2, 0.25) is 0 Å². The molecule has 0 saturated heterocycles. The van der Waals surface area contributed by atoms with Crippen molar-refractivity contribution in [3.05, 3.63) is 0 Å². The number of nitrogens with two attached hydrogens (primary N) is 1. The minimum absolute atomic E-state index is 0.301. The molecule has 1 nitrogen and oxygen atoms in total. The largest absolute Gasteiger partial charge is 0.325 e. The average molecular weight is 127 g/mol. The first-order chi connectivity index (χ1) is 4.27. The lowest BCUT2D eigenvalue weighted by atomic mass is 10.1. The Hall–Kier alpha value is -0.0400. The Bertz CT molecular complexity index is 84.6. The molecule has 0 aromatic rings. The van der Waals surface area contributed by atoms with Crippen LogP contribution in [0.4, 0.5) is 0 Å². The van der Waals surface area contributed by atoms with E-state index in [-0.39, 0.29) is 0 Å². The molecule has 1 aliphatic rings. The second-order valence-electron chi connectivity index (χ2n) is 3.32. The minimum Gasteiger partial charge on any atom is -0.325 e. The molecule has 54 valence electrons. The molecule has 0 aliphatic heterocycles. The van der Waals surface area contributed by atoms with Gasteiger partial charge >= 0.3 is 0 Å². The summed E-state index contributed by atoms with van der Waals surface area (Å²) in [6.07, 6.45) is 7.83. The fourth-order valence-electron chi connectivity index (χ4n) is 1.14. The third-order valence-electron chi connectivity index (χ3n) is 2.17. The van der Waals surface area contributed by atoms with Crippen LogP contribution in [0.3, 0.4) is 0 Å². The highest BCUT2D eigenvalue weighted by Gasteiger charge is 2.36. The summed E-state index contributed by atoms with van der Waals surface area (Å²) in [6.45, 7) is 2.23. The van der Waals surface area contributed by atoms with Crippen molar-refractivity contribution in [2.45, 2.75) is 51.0 Å². The molecule has 0 aromatic heterocycles. The minimum atomic E-state index is 0.301. The third kappa shape index (κ3) is 2.35. The molecular weight excluding hydrogens is 110 g/mol. The molecule has 1 fully saturated rings. The molecule has 1 aliphatic carbocycles. The van der Waals surface area contributed by atoms with Gasteiger partial charge in [0.05, 0.1) is 0 Å². The molecule has 0 spiro atoms. The lowest BCUT2D eigenvalue weighted by molar-refractivity contribution is 0.552. The summed E-state index contributed by atoms with van der Waals surface area (Å²) in [4.78, 5) is 0. The van der Waals surface area contributed by atoms with Crippen molar-refractivity contribution < 1.29 is 0 Å². The summed E-state index contributed by atoms with van der Waals surface area (Å²) in [5.74, 6) is 0. The maximum Gasteiger partial charge on any atom is 0.0155 e. The molecule has 1 saturated carbocycles.